The third-order valence-corrected chi connectivity index (χ3v) is 3.06. The van der Waals surface area contributed by atoms with Crippen LogP contribution in [0.5, 0.6) is 11.5 Å². The molecule has 0 aliphatic rings. The van der Waals surface area contributed by atoms with Gasteiger partial charge in [0.1, 0.15) is 11.5 Å². The molecule has 0 bridgehead atoms. The molecule has 1 aromatic rings. The van der Waals surface area contributed by atoms with Crippen LogP contribution in [0.3, 0.4) is 0 Å². The first kappa shape index (κ1) is 13.5. The number of hydrogen-bond donors (Lipinski definition) is 3. The second-order valence-corrected chi connectivity index (χ2v) is 5.30. The van der Waals surface area contributed by atoms with Gasteiger partial charge in [0.25, 0.3) is 5.91 Å². The summed E-state index contributed by atoms with van der Waals surface area (Å²) in [5, 5.41) is 21.3. The van der Waals surface area contributed by atoms with Crippen molar-refractivity contribution in [1.29, 1.82) is 0 Å². The molecule has 0 heterocycles. The van der Waals surface area contributed by atoms with Crippen LogP contribution in [0, 0.1) is 0 Å². The quantitative estimate of drug-likeness (QED) is 0.689. The van der Waals surface area contributed by atoms with E-state index in [4.69, 9.17) is 0 Å². The first-order valence-corrected chi connectivity index (χ1v) is 6.75. The van der Waals surface area contributed by atoms with E-state index in [0.29, 0.717) is 5.75 Å². The zero-order chi connectivity index (χ0) is 13.0. The lowest BCUT2D eigenvalue weighted by atomic mass is 10.1. The molecule has 0 saturated carbocycles. The smallest absolute Gasteiger partial charge is 0.255 e. The van der Waals surface area contributed by atoms with Gasteiger partial charge < -0.3 is 15.5 Å². The molecule has 0 aliphatic heterocycles. The Labute approximate surface area is 102 Å². The Kier molecular flexibility index (Phi) is 4.51. The average Bonchev–Trinajstić information content (AvgIpc) is 2.20. The summed E-state index contributed by atoms with van der Waals surface area (Å²) in [5.74, 6) is -0.466. The van der Waals surface area contributed by atoms with Crippen LogP contribution < -0.4 is 5.32 Å². The summed E-state index contributed by atoms with van der Waals surface area (Å²) in [6.07, 6.45) is 1.55. The minimum Gasteiger partial charge on any atom is -0.508 e. The normalized spacial score (nSPS) is 14.0. The number of carbonyl (C=O) groups is 1. The Hall–Kier alpha value is -1.56. The molecule has 17 heavy (non-hydrogen) atoms. The van der Waals surface area contributed by atoms with Gasteiger partial charge in [0.05, 0.1) is 5.56 Å². The summed E-state index contributed by atoms with van der Waals surface area (Å²) in [7, 11) is -1.00. The summed E-state index contributed by atoms with van der Waals surface area (Å²) >= 11 is 0. The van der Waals surface area contributed by atoms with Crippen molar-refractivity contribution in [3.63, 3.8) is 0 Å². The highest BCUT2D eigenvalue weighted by molar-refractivity contribution is 7.84. The lowest BCUT2D eigenvalue weighted by Crippen LogP contribution is -2.36. The van der Waals surface area contributed by atoms with Crippen molar-refractivity contribution in [2.24, 2.45) is 0 Å². The van der Waals surface area contributed by atoms with Crippen molar-refractivity contribution in [2.45, 2.75) is 13.0 Å². The fraction of sp³-hybridized carbons (Fsp3) is 0.364. The van der Waals surface area contributed by atoms with Crippen LogP contribution >= 0.6 is 0 Å². The molecule has 5 nitrogen and oxygen atoms in total. The summed E-state index contributed by atoms with van der Waals surface area (Å²) in [4.78, 5) is 11.7. The number of carbonyl (C=O) groups excluding carboxylic acids is 1. The van der Waals surface area contributed by atoms with Gasteiger partial charge in [0, 0.05) is 28.9 Å². The van der Waals surface area contributed by atoms with E-state index in [-0.39, 0.29) is 23.1 Å². The van der Waals surface area contributed by atoms with Crippen molar-refractivity contribution in [1.82, 2.24) is 5.32 Å². The lowest BCUT2D eigenvalue weighted by Gasteiger charge is -2.13. The molecule has 0 aliphatic carbocycles. The fourth-order valence-electron chi connectivity index (χ4n) is 1.40. The van der Waals surface area contributed by atoms with Crippen molar-refractivity contribution >= 4 is 16.7 Å². The Bertz CT molecular complexity index is 447. The van der Waals surface area contributed by atoms with Crippen molar-refractivity contribution in [2.75, 3.05) is 12.0 Å². The van der Waals surface area contributed by atoms with Crippen LogP contribution in [-0.4, -0.2) is 38.4 Å². The molecular weight excluding hydrogens is 242 g/mol. The number of phenolic OH excluding ortho intramolecular Hbond substituents is 2. The monoisotopic (exact) mass is 257 g/mol. The molecule has 2 atom stereocenters. The minimum absolute atomic E-state index is 0.00117. The van der Waals surface area contributed by atoms with Gasteiger partial charge in [-0.05, 0) is 25.1 Å². The van der Waals surface area contributed by atoms with Gasteiger partial charge in [-0.25, -0.2) is 0 Å². The Balaban J connectivity index is 2.76. The molecule has 94 valence electrons. The van der Waals surface area contributed by atoms with E-state index in [1.165, 1.54) is 18.2 Å². The van der Waals surface area contributed by atoms with Crippen LogP contribution in [0.1, 0.15) is 17.3 Å². The van der Waals surface area contributed by atoms with Crippen molar-refractivity contribution in [3.8, 4) is 11.5 Å². The van der Waals surface area contributed by atoms with Gasteiger partial charge in [-0.15, -0.1) is 0 Å². The van der Waals surface area contributed by atoms with Crippen LogP contribution in [-0.2, 0) is 10.8 Å². The summed E-state index contributed by atoms with van der Waals surface area (Å²) < 4.78 is 11.0. The first-order chi connectivity index (χ1) is 7.90. The highest BCUT2D eigenvalue weighted by Crippen LogP contribution is 2.21. The summed E-state index contributed by atoms with van der Waals surface area (Å²) in [6.45, 7) is 1.72. The molecule has 0 radical (unpaired) electrons. The predicted octanol–water partition coefficient (Wildman–Crippen LogP) is 0.595. The SMILES string of the molecule is CC(CS(C)=O)NC(=O)c1cc(O)ccc1O. The first-order valence-electron chi connectivity index (χ1n) is 5.03. The van der Waals surface area contributed by atoms with Crippen LogP contribution in [0.15, 0.2) is 18.2 Å². The van der Waals surface area contributed by atoms with E-state index in [1.54, 1.807) is 13.2 Å². The Morgan fingerprint density at radius 1 is 1.47 bits per heavy atom. The second kappa shape index (κ2) is 5.67. The van der Waals surface area contributed by atoms with E-state index >= 15 is 0 Å². The zero-order valence-corrected chi connectivity index (χ0v) is 10.5. The van der Waals surface area contributed by atoms with Gasteiger partial charge >= 0.3 is 0 Å². The number of rotatable bonds is 4. The second-order valence-electron chi connectivity index (χ2n) is 3.82. The van der Waals surface area contributed by atoms with E-state index in [0.717, 1.165) is 0 Å². The van der Waals surface area contributed by atoms with Crippen LogP contribution in [0.4, 0.5) is 0 Å². The molecule has 0 spiro atoms. The van der Waals surface area contributed by atoms with Gasteiger partial charge in [-0.3, -0.25) is 9.00 Å². The molecule has 0 fully saturated rings. The number of benzene rings is 1. The zero-order valence-electron chi connectivity index (χ0n) is 9.64. The minimum atomic E-state index is -1.00. The van der Waals surface area contributed by atoms with Crippen molar-refractivity contribution in [3.05, 3.63) is 23.8 Å². The molecule has 1 rings (SSSR count). The average molecular weight is 257 g/mol. The van der Waals surface area contributed by atoms with E-state index < -0.39 is 16.7 Å². The van der Waals surface area contributed by atoms with Crippen LogP contribution in [0.2, 0.25) is 0 Å². The number of aromatic hydroxyl groups is 2. The third-order valence-electron chi connectivity index (χ3n) is 2.09. The molecular formula is C11H15NO4S. The highest BCUT2D eigenvalue weighted by atomic mass is 32.2. The third kappa shape index (κ3) is 4.07. The van der Waals surface area contributed by atoms with E-state index in [9.17, 15) is 19.2 Å². The van der Waals surface area contributed by atoms with Crippen LogP contribution in [0.25, 0.3) is 0 Å². The van der Waals surface area contributed by atoms with Gasteiger partial charge in [-0.2, -0.15) is 0 Å². The standard InChI is InChI=1S/C11H15NO4S/c1-7(6-17(2)16)12-11(15)9-5-8(13)3-4-10(9)14/h3-5,7,13-14H,6H2,1-2H3,(H,12,15). The molecule has 3 N–H and O–H groups in total. The fourth-order valence-corrected chi connectivity index (χ4v) is 2.19. The molecule has 0 aromatic heterocycles. The van der Waals surface area contributed by atoms with E-state index in [2.05, 4.69) is 5.32 Å². The molecule has 2 unspecified atom stereocenters. The van der Waals surface area contributed by atoms with Gasteiger partial charge in [0.2, 0.25) is 0 Å². The lowest BCUT2D eigenvalue weighted by molar-refractivity contribution is 0.0940. The van der Waals surface area contributed by atoms with Crippen molar-refractivity contribution < 1.29 is 19.2 Å². The maximum absolute atomic E-state index is 11.7. The largest absolute Gasteiger partial charge is 0.508 e. The number of nitrogens with one attached hydrogen (secondary N) is 1. The molecule has 0 saturated heterocycles. The number of amides is 1. The predicted molar refractivity (Wildman–Crippen MR) is 65.6 cm³/mol. The molecule has 6 heteroatoms. The number of phenols is 2. The summed E-state index contributed by atoms with van der Waals surface area (Å²) in [5.41, 5.74) is -0.00117. The van der Waals surface area contributed by atoms with Gasteiger partial charge in [0.15, 0.2) is 0 Å². The topological polar surface area (TPSA) is 86.6 Å². The maximum Gasteiger partial charge on any atom is 0.255 e. The Morgan fingerprint density at radius 3 is 2.71 bits per heavy atom. The highest BCUT2D eigenvalue weighted by Gasteiger charge is 2.14. The van der Waals surface area contributed by atoms with Gasteiger partial charge in [-0.1, -0.05) is 0 Å². The maximum atomic E-state index is 11.7. The van der Waals surface area contributed by atoms with E-state index in [1.807, 2.05) is 0 Å². The summed E-state index contributed by atoms with van der Waals surface area (Å²) in [6, 6.07) is 3.44. The molecule has 1 aromatic carbocycles. The molecule has 1 amide bonds. The Morgan fingerprint density at radius 2 is 2.12 bits per heavy atom. The number of hydrogen-bond acceptors (Lipinski definition) is 4.